The number of aromatic nitrogens is 1. The van der Waals surface area contributed by atoms with Crippen molar-refractivity contribution in [2.24, 2.45) is 0 Å². The van der Waals surface area contributed by atoms with Gasteiger partial charge in [-0.25, -0.2) is 4.79 Å². The van der Waals surface area contributed by atoms with Gasteiger partial charge >= 0.3 is 5.97 Å². The van der Waals surface area contributed by atoms with E-state index in [-0.39, 0.29) is 29.1 Å². The number of hydrogen-bond donors (Lipinski definition) is 2. The van der Waals surface area contributed by atoms with Gasteiger partial charge in [-0.15, -0.1) is 0 Å². The van der Waals surface area contributed by atoms with E-state index in [4.69, 9.17) is 9.84 Å². The molecular weight excluding hydrogens is 300 g/mol. The Bertz CT molecular complexity index is 741. The predicted octanol–water partition coefficient (Wildman–Crippen LogP) is 1.39. The van der Waals surface area contributed by atoms with Crippen molar-refractivity contribution in [2.75, 3.05) is 13.1 Å². The molecule has 2 aromatic rings. The molecule has 23 heavy (non-hydrogen) atoms. The number of aromatic carboxylic acids is 1. The lowest BCUT2D eigenvalue weighted by Crippen LogP contribution is -2.56. The molecule has 2 N–H and O–H groups in total. The number of carboxylic acid groups (broad SMARTS) is 1. The largest absolute Gasteiger partial charge is 0.507 e. The second kappa shape index (κ2) is 5.96. The number of phenols is 1. The molecule has 118 valence electrons. The lowest BCUT2D eigenvalue weighted by atomic mass is 10.1. The third-order valence-corrected chi connectivity index (χ3v) is 3.53. The van der Waals surface area contributed by atoms with E-state index >= 15 is 0 Å². The molecule has 0 aliphatic carbocycles. The number of pyridine rings is 1. The van der Waals surface area contributed by atoms with Crippen molar-refractivity contribution in [3.05, 3.63) is 53.9 Å². The number of amides is 1. The van der Waals surface area contributed by atoms with E-state index in [1.807, 2.05) is 0 Å². The fourth-order valence-corrected chi connectivity index (χ4v) is 2.34. The van der Waals surface area contributed by atoms with Gasteiger partial charge < -0.3 is 19.8 Å². The van der Waals surface area contributed by atoms with Gasteiger partial charge in [-0.3, -0.25) is 9.78 Å². The van der Waals surface area contributed by atoms with Gasteiger partial charge in [0.25, 0.3) is 5.91 Å². The van der Waals surface area contributed by atoms with Gasteiger partial charge in [0, 0.05) is 6.20 Å². The maximum Gasteiger partial charge on any atom is 0.343 e. The molecule has 7 heteroatoms. The SMILES string of the molecule is O=C(O)c1c(O)cccc1OC1CN(C(=O)c2ccccn2)C1. The molecule has 1 amide bonds. The molecule has 1 aliphatic heterocycles. The highest BCUT2D eigenvalue weighted by molar-refractivity contribution is 5.94. The van der Waals surface area contributed by atoms with Crippen LogP contribution in [0.3, 0.4) is 0 Å². The molecule has 1 saturated heterocycles. The van der Waals surface area contributed by atoms with Crippen molar-refractivity contribution >= 4 is 11.9 Å². The van der Waals surface area contributed by atoms with E-state index in [0.717, 1.165) is 0 Å². The predicted molar refractivity (Wildman–Crippen MR) is 79.6 cm³/mol. The normalized spacial score (nSPS) is 14.2. The molecular formula is C16H14N2O5. The summed E-state index contributed by atoms with van der Waals surface area (Å²) in [4.78, 5) is 28.9. The van der Waals surface area contributed by atoms with Crippen LogP contribution in [-0.4, -0.2) is 51.2 Å². The van der Waals surface area contributed by atoms with Crippen LogP contribution in [0.25, 0.3) is 0 Å². The average Bonchev–Trinajstić information content (AvgIpc) is 2.50. The maximum atomic E-state index is 12.1. The summed E-state index contributed by atoms with van der Waals surface area (Å²) >= 11 is 0. The molecule has 7 nitrogen and oxygen atoms in total. The topological polar surface area (TPSA) is 100.0 Å². The summed E-state index contributed by atoms with van der Waals surface area (Å²) in [5.74, 6) is -1.72. The maximum absolute atomic E-state index is 12.1. The monoisotopic (exact) mass is 314 g/mol. The molecule has 1 aliphatic rings. The van der Waals surface area contributed by atoms with Crippen molar-refractivity contribution in [3.8, 4) is 11.5 Å². The standard InChI is InChI=1S/C16H14N2O5/c19-12-5-3-6-13(14(12)16(21)22)23-10-8-18(9-10)15(20)11-4-1-2-7-17-11/h1-7,10,19H,8-9H2,(H,21,22). The van der Waals surface area contributed by atoms with Gasteiger partial charge in [0.1, 0.15) is 28.9 Å². The Labute approximate surface area is 131 Å². The zero-order chi connectivity index (χ0) is 16.4. The number of carboxylic acids is 1. The number of carbonyl (C=O) groups is 2. The third-order valence-electron chi connectivity index (χ3n) is 3.53. The molecule has 0 atom stereocenters. The molecule has 0 radical (unpaired) electrons. The number of rotatable bonds is 4. The van der Waals surface area contributed by atoms with Crippen molar-refractivity contribution in [1.29, 1.82) is 0 Å². The van der Waals surface area contributed by atoms with Crippen LogP contribution >= 0.6 is 0 Å². The van der Waals surface area contributed by atoms with Crippen LogP contribution in [0.1, 0.15) is 20.8 Å². The molecule has 2 heterocycles. The van der Waals surface area contributed by atoms with Crippen molar-refractivity contribution in [3.63, 3.8) is 0 Å². The first kappa shape index (κ1) is 14.8. The molecule has 0 bridgehead atoms. The van der Waals surface area contributed by atoms with Crippen LogP contribution in [0.15, 0.2) is 42.6 Å². The Kier molecular flexibility index (Phi) is 3.84. The number of nitrogens with zero attached hydrogens (tertiary/aromatic N) is 2. The van der Waals surface area contributed by atoms with Gasteiger partial charge in [0.05, 0.1) is 13.1 Å². The Morgan fingerprint density at radius 1 is 1.17 bits per heavy atom. The zero-order valence-electron chi connectivity index (χ0n) is 12.0. The highest BCUT2D eigenvalue weighted by Gasteiger charge is 2.34. The summed E-state index contributed by atoms with van der Waals surface area (Å²) in [5.41, 5.74) is 0.0801. The number of benzene rings is 1. The van der Waals surface area contributed by atoms with Gasteiger partial charge in [0.15, 0.2) is 0 Å². The number of aromatic hydroxyl groups is 1. The molecule has 3 rings (SSSR count). The van der Waals surface area contributed by atoms with Gasteiger partial charge in [-0.2, -0.15) is 0 Å². The molecule has 1 aromatic carbocycles. The van der Waals surface area contributed by atoms with E-state index in [1.165, 1.54) is 18.2 Å². The molecule has 0 unspecified atom stereocenters. The molecule has 1 fully saturated rings. The highest BCUT2D eigenvalue weighted by Crippen LogP contribution is 2.29. The van der Waals surface area contributed by atoms with Gasteiger partial charge in [0.2, 0.25) is 0 Å². The lowest BCUT2D eigenvalue weighted by Gasteiger charge is -2.38. The molecule has 1 aromatic heterocycles. The first-order valence-electron chi connectivity index (χ1n) is 6.98. The highest BCUT2D eigenvalue weighted by atomic mass is 16.5. The van der Waals surface area contributed by atoms with Crippen LogP contribution in [-0.2, 0) is 0 Å². The summed E-state index contributed by atoms with van der Waals surface area (Å²) < 4.78 is 5.58. The van der Waals surface area contributed by atoms with Crippen molar-refractivity contribution in [1.82, 2.24) is 9.88 Å². The first-order chi connectivity index (χ1) is 11.1. The van der Waals surface area contributed by atoms with Crippen LogP contribution < -0.4 is 4.74 Å². The minimum atomic E-state index is -1.26. The Balaban J connectivity index is 1.64. The summed E-state index contributed by atoms with van der Waals surface area (Å²) in [7, 11) is 0. The fraction of sp³-hybridized carbons (Fsp3) is 0.188. The minimum absolute atomic E-state index is 0.0902. The number of carbonyl (C=O) groups excluding carboxylic acids is 1. The first-order valence-corrected chi connectivity index (χ1v) is 6.98. The van der Waals surface area contributed by atoms with E-state index < -0.39 is 5.97 Å². The summed E-state index contributed by atoms with van der Waals surface area (Å²) in [6, 6.07) is 9.37. The summed E-state index contributed by atoms with van der Waals surface area (Å²) in [6.07, 6.45) is 1.23. The third kappa shape index (κ3) is 2.94. The van der Waals surface area contributed by atoms with Crippen LogP contribution in [0.4, 0.5) is 0 Å². The van der Waals surface area contributed by atoms with Crippen LogP contribution in [0.5, 0.6) is 11.5 Å². The van der Waals surface area contributed by atoms with E-state index in [1.54, 1.807) is 29.3 Å². The quantitative estimate of drug-likeness (QED) is 0.884. The van der Waals surface area contributed by atoms with E-state index in [0.29, 0.717) is 18.8 Å². The second-order valence-electron chi connectivity index (χ2n) is 5.12. The van der Waals surface area contributed by atoms with Gasteiger partial charge in [-0.05, 0) is 24.3 Å². The van der Waals surface area contributed by atoms with Gasteiger partial charge in [-0.1, -0.05) is 12.1 Å². The van der Waals surface area contributed by atoms with Crippen molar-refractivity contribution in [2.45, 2.75) is 6.10 Å². The number of likely N-dealkylation sites (tertiary alicyclic amines) is 1. The molecule has 0 spiro atoms. The lowest BCUT2D eigenvalue weighted by molar-refractivity contribution is 0.0164. The fourth-order valence-electron chi connectivity index (χ4n) is 2.34. The Hall–Kier alpha value is -3.09. The number of ether oxygens (including phenoxy) is 1. The summed E-state index contributed by atoms with van der Waals surface area (Å²) in [5, 5.41) is 18.7. The smallest absolute Gasteiger partial charge is 0.343 e. The average molecular weight is 314 g/mol. The number of hydrogen-bond acceptors (Lipinski definition) is 5. The van der Waals surface area contributed by atoms with E-state index in [2.05, 4.69) is 4.98 Å². The van der Waals surface area contributed by atoms with Crippen LogP contribution in [0, 0.1) is 0 Å². The molecule has 0 saturated carbocycles. The van der Waals surface area contributed by atoms with Crippen LogP contribution in [0.2, 0.25) is 0 Å². The minimum Gasteiger partial charge on any atom is -0.507 e. The Morgan fingerprint density at radius 2 is 1.96 bits per heavy atom. The van der Waals surface area contributed by atoms with E-state index in [9.17, 15) is 14.7 Å². The zero-order valence-corrected chi connectivity index (χ0v) is 12.0. The Morgan fingerprint density at radius 3 is 2.61 bits per heavy atom. The van der Waals surface area contributed by atoms with Crippen molar-refractivity contribution < 1.29 is 24.5 Å². The summed E-state index contributed by atoms with van der Waals surface area (Å²) in [6.45, 7) is 0.675. The second-order valence-corrected chi connectivity index (χ2v) is 5.12.